The molecular weight excluding hydrogens is 274 g/mol. The number of hydrogen-bond donors (Lipinski definition) is 2. The van der Waals surface area contributed by atoms with Gasteiger partial charge in [-0.25, -0.2) is 0 Å². The maximum absolute atomic E-state index is 12.1. The van der Waals surface area contributed by atoms with Crippen LogP contribution < -0.4 is 15.8 Å². The summed E-state index contributed by atoms with van der Waals surface area (Å²) in [6, 6.07) is 14.3. The molecule has 0 aliphatic rings. The van der Waals surface area contributed by atoms with Crippen LogP contribution >= 0.6 is 0 Å². The Labute approximate surface area is 122 Å². The van der Waals surface area contributed by atoms with E-state index in [0.717, 1.165) is 16.8 Å². The number of alkyl halides is 2. The van der Waals surface area contributed by atoms with E-state index in [4.69, 9.17) is 5.73 Å². The molecule has 0 aliphatic heterocycles. The van der Waals surface area contributed by atoms with Crippen LogP contribution in [0.1, 0.15) is 17.2 Å². The normalized spacial score (nSPS) is 12.2. The van der Waals surface area contributed by atoms with Crippen LogP contribution in [0.5, 0.6) is 5.75 Å². The maximum Gasteiger partial charge on any atom is 0.387 e. The lowest BCUT2D eigenvalue weighted by Crippen LogP contribution is -2.21. The van der Waals surface area contributed by atoms with Crippen molar-refractivity contribution in [1.82, 2.24) is 0 Å². The van der Waals surface area contributed by atoms with Gasteiger partial charge in [-0.05, 0) is 36.2 Å². The molecule has 5 heteroatoms. The zero-order valence-corrected chi connectivity index (χ0v) is 11.7. The zero-order valence-electron chi connectivity index (χ0n) is 11.7. The van der Waals surface area contributed by atoms with Crippen molar-refractivity contribution in [2.45, 2.75) is 19.6 Å². The first kappa shape index (κ1) is 15.3. The number of hydrogen-bond acceptors (Lipinski definition) is 3. The number of rotatable bonds is 6. The number of nitrogens with two attached hydrogens (primary N) is 1. The Bertz CT molecular complexity index is 573. The Kier molecular flexibility index (Phi) is 5.11. The Morgan fingerprint density at radius 2 is 1.76 bits per heavy atom. The average Bonchev–Trinajstić information content (AvgIpc) is 2.47. The Hall–Kier alpha value is -2.14. The van der Waals surface area contributed by atoms with Crippen molar-refractivity contribution >= 4 is 5.69 Å². The molecule has 3 nitrogen and oxygen atoms in total. The highest BCUT2D eigenvalue weighted by Gasteiger charge is 2.11. The van der Waals surface area contributed by atoms with Crippen molar-refractivity contribution in [2.24, 2.45) is 5.73 Å². The second kappa shape index (κ2) is 7.04. The van der Waals surface area contributed by atoms with Gasteiger partial charge in [0.2, 0.25) is 0 Å². The first-order valence-corrected chi connectivity index (χ1v) is 6.67. The molecule has 2 aromatic rings. The second-order valence-corrected chi connectivity index (χ2v) is 4.70. The van der Waals surface area contributed by atoms with Crippen molar-refractivity contribution in [3.8, 4) is 5.75 Å². The third-order valence-electron chi connectivity index (χ3n) is 3.22. The van der Waals surface area contributed by atoms with Crippen LogP contribution in [0, 0.1) is 6.92 Å². The molecule has 2 aromatic carbocycles. The number of halogens is 2. The third-order valence-corrected chi connectivity index (χ3v) is 3.22. The highest BCUT2D eigenvalue weighted by molar-refractivity contribution is 5.52. The monoisotopic (exact) mass is 292 g/mol. The third kappa shape index (κ3) is 4.16. The number of ether oxygens (including phenoxy) is 1. The topological polar surface area (TPSA) is 47.3 Å². The van der Waals surface area contributed by atoms with E-state index in [0.29, 0.717) is 6.54 Å². The maximum atomic E-state index is 12.1. The minimum absolute atomic E-state index is 0.0910. The number of aryl methyl sites for hydroxylation is 1. The summed E-state index contributed by atoms with van der Waals surface area (Å²) < 4.78 is 28.6. The van der Waals surface area contributed by atoms with Crippen molar-refractivity contribution < 1.29 is 13.5 Å². The van der Waals surface area contributed by atoms with Crippen LogP contribution in [-0.4, -0.2) is 13.2 Å². The summed E-state index contributed by atoms with van der Waals surface area (Å²) in [6.07, 6.45) is 0. The van der Waals surface area contributed by atoms with E-state index >= 15 is 0 Å². The molecule has 3 N–H and O–H groups in total. The summed E-state index contributed by atoms with van der Waals surface area (Å²) in [6.45, 7) is -0.412. The molecule has 0 radical (unpaired) electrons. The van der Waals surface area contributed by atoms with Gasteiger partial charge < -0.3 is 15.8 Å². The summed E-state index contributed by atoms with van der Waals surface area (Å²) in [5, 5.41) is 3.36. The number of benzene rings is 2. The lowest BCUT2D eigenvalue weighted by molar-refractivity contribution is -0.0498. The van der Waals surface area contributed by atoms with Crippen molar-refractivity contribution in [3.63, 3.8) is 0 Å². The molecule has 0 saturated heterocycles. The van der Waals surface area contributed by atoms with Gasteiger partial charge >= 0.3 is 6.61 Å². The Balaban J connectivity index is 2.12. The Morgan fingerprint density at radius 1 is 1.10 bits per heavy atom. The molecule has 0 heterocycles. The van der Waals surface area contributed by atoms with E-state index in [2.05, 4.69) is 10.1 Å². The van der Waals surface area contributed by atoms with E-state index in [1.165, 1.54) is 12.1 Å². The summed E-state index contributed by atoms with van der Waals surface area (Å²) in [7, 11) is 0. The van der Waals surface area contributed by atoms with Gasteiger partial charge in [0.15, 0.2) is 0 Å². The molecule has 0 aromatic heterocycles. The molecule has 0 bridgehead atoms. The lowest BCUT2D eigenvalue weighted by Gasteiger charge is -2.20. The standard InChI is InChI=1S/C16H18F2N2O/c1-11-4-2-3-5-14(11)20-15(10-19)12-6-8-13(9-7-12)21-16(17)18/h2-9,15-16,20H,10,19H2,1H3. The second-order valence-electron chi connectivity index (χ2n) is 4.70. The van der Waals surface area contributed by atoms with Gasteiger partial charge in [0, 0.05) is 12.2 Å². The Morgan fingerprint density at radius 3 is 2.33 bits per heavy atom. The van der Waals surface area contributed by atoms with Crippen LogP contribution in [0.2, 0.25) is 0 Å². The summed E-state index contributed by atoms with van der Waals surface area (Å²) in [5.74, 6) is 0.139. The molecular formula is C16H18F2N2O. The lowest BCUT2D eigenvalue weighted by atomic mass is 10.1. The highest BCUT2D eigenvalue weighted by atomic mass is 19.3. The predicted molar refractivity (Wildman–Crippen MR) is 79.7 cm³/mol. The van der Waals surface area contributed by atoms with E-state index in [1.807, 2.05) is 31.2 Å². The smallest absolute Gasteiger partial charge is 0.387 e. The largest absolute Gasteiger partial charge is 0.435 e. The first-order chi connectivity index (χ1) is 10.1. The van der Waals surface area contributed by atoms with Crippen LogP contribution in [0.4, 0.5) is 14.5 Å². The average molecular weight is 292 g/mol. The van der Waals surface area contributed by atoms with Gasteiger partial charge in [-0.1, -0.05) is 30.3 Å². The molecule has 0 spiro atoms. The zero-order chi connectivity index (χ0) is 15.2. The molecule has 21 heavy (non-hydrogen) atoms. The van der Waals surface area contributed by atoms with Gasteiger partial charge in [0.25, 0.3) is 0 Å². The van der Waals surface area contributed by atoms with E-state index < -0.39 is 6.61 Å². The first-order valence-electron chi connectivity index (χ1n) is 6.67. The molecule has 0 aliphatic carbocycles. The van der Waals surface area contributed by atoms with E-state index in [-0.39, 0.29) is 11.8 Å². The molecule has 112 valence electrons. The van der Waals surface area contributed by atoms with Crippen molar-refractivity contribution in [2.75, 3.05) is 11.9 Å². The van der Waals surface area contributed by atoms with E-state index in [9.17, 15) is 8.78 Å². The van der Waals surface area contributed by atoms with Gasteiger partial charge in [-0.15, -0.1) is 0 Å². The van der Waals surface area contributed by atoms with Crippen LogP contribution in [0.25, 0.3) is 0 Å². The summed E-state index contributed by atoms with van der Waals surface area (Å²) in [4.78, 5) is 0. The van der Waals surface area contributed by atoms with Crippen LogP contribution in [-0.2, 0) is 0 Å². The molecule has 1 unspecified atom stereocenters. The SMILES string of the molecule is Cc1ccccc1NC(CN)c1ccc(OC(F)F)cc1. The molecule has 1 atom stereocenters. The van der Waals surface area contributed by atoms with Crippen LogP contribution in [0.3, 0.4) is 0 Å². The summed E-state index contributed by atoms with van der Waals surface area (Å²) in [5.41, 5.74) is 8.85. The van der Waals surface area contributed by atoms with Gasteiger partial charge in [0.1, 0.15) is 5.75 Å². The minimum atomic E-state index is -2.81. The fraction of sp³-hybridized carbons (Fsp3) is 0.250. The predicted octanol–water partition coefficient (Wildman–Crippen LogP) is 3.71. The van der Waals surface area contributed by atoms with E-state index in [1.54, 1.807) is 12.1 Å². The molecule has 2 rings (SSSR count). The quantitative estimate of drug-likeness (QED) is 0.853. The molecule has 0 saturated carbocycles. The fourth-order valence-electron chi connectivity index (χ4n) is 2.08. The highest BCUT2D eigenvalue weighted by Crippen LogP contribution is 2.23. The summed E-state index contributed by atoms with van der Waals surface area (Å²) >= 11 is 0. The molecule has 0 fully saturated rings. The van der Waals surface area contributed by atoms with Crippen molar-refractivity contribution in [1.29, 1.82) is 0 Å². The minimum Gasteiger partial charge on any atom is -0.435 e. The number of anilines is 1. The van der Waals surface area contributed by atoms with Gasteiger partial charge in [0.05, 0.1) is 6.04 Å². The number of nitrogens with one attached hydrogen (secondary N) is 1. The molecule has 0 amide bonds. The van der Waals surface area contributed by atoms with Gasteiger partial charge in [-0.3, -0.25) is 0 Å². The van der Waals surface area contributed by atoms with Gasteiger partial charge in [-0.2, -0.15) is 8.78 Å². The number of para-hydroxylation sites is 1. The van der Waals surface area contributed by atoms with Crippen molar-refractivity contribution in [3.05, 3.63) is 59.7 Å². The fourth-order valence-corrected chi connectivity index (χ4v) is 2.08. The van der Waals surface area contributed by atoms with Crippen LogP contribution in [0.15, 0.2) is 48.5 Å².